The average molecular weight is 460 g/mol. The molecule has 0 unspecified atom stereocenters. The molecular weight excluding hydrogens is 434 g/mol. The van der Waals surface area contributed by atoms with Crippen molar-refractivity contribution in [1.82, 2.24) is 9.29 Å². The van der Waals surface area contributed by atoms with Gasteiger partial charge in [0, 0.05) is 18.8 Å². The molecule has 1 fully saturated rings. The number of hydrogen-bond acceptors (Lipinski definition) is 6. The molecule has 0 aliphatic carbocycles. The van der Waals surface area contributed by atoms with Crippen LogP contribution in [0.2, 0.25) is 0 Å². The lowest BCUT2D eigenvalue weighted by Gasteiger charge is -2.21. The predicted octanol–water partition coefficient (Wildman–Crippen LogP) is 4.43. The van der Waals surface area contributed by atoms with Crippen molar-refractivity contribution >= 4 is 44.5 Å². The number of carbonyl (C=O) groups excluding carboxylic acids is 1. The van der Waals surface area contributed by atoms with Crippen molar-refractivity contribution in [3.8, 4) is 0 Å². The Kier molecular flexibility index (Phi) is 6.64. The van der Waals surface area contributed by atoms with E-state index >= 15 is 0 Å². The van der Waals surface area contributed by atoms with Gasteiger partial charge < -0.3 is 9.73 Å². The van der Waals surface area contributed by atoms with Crippen molar-refractivity contribution in [2.24, 2.45) is 0 Å². The van der Waals surface area contributed by atoms with E-state index in [9.17, 15) is 13.2 Å². The lowest BCUT2D eigenvalue weighted by Crippen LogP contribution is -2.32. The van der Waals surface area contributed by atoms with Crippen LogP contribution in [0, 0.1) is 6.92 Å². The molecule has 1 N–H and O–H groups in total. The average Bonchev–Trinajstić information content (AvgIpc) is 2.96. The van der Waals surface area contributed by atoms with E-state index in [1.165, 1.54) is 11.8 Å². The number of para-hydroxylation sites is 2. The van der Waals surface area contributed by atoms with Gasteiger partial charge in [0.25, 0.3) is 5.22 Å². The maximum Gasteiger partial charge on any atom is 0.257 e. The Hall–Kier alpha value is -2.36. The maximum atomic E-state index is 13.2. The van der Waals surface area contributed by atoms with Crippen LogP contribution in [0.15, 0.2) is 57.0 Å². The van der Waals surface area contributed by atoms with Crippen LogP contribution in [0.1, 0.15) is 31.2 Å². The molecule has 7 nitrogen and oxygen atoms in total. The van der Waals surface area contributed by atoms with Crippen LogP contribution < -0.4 is 5.32 Å². The van der Waals surface area contributed by atoms with Crippen molar-refractivity contribution in [2.45, 2.75) is 42.7 Å². The van der Waals surface area contributed by atoms with Gasteiger partial charge in [-0.1, -0.05) is 42.8 Å². The summed E-state index contributed by atoms with van der Waals surface area (Å²) < 4.78 is 33.5. The van der Waals surface area contributed by atoms with Gasteiger partial charge in [-0.15, -0.1) is 0 Å². The second-order valence-electron chi connectivity index (χ2n) is 7.58. The predicted molar refractivity (Wildman–Crippen MR) is 122 cm³/mol. The first-order valence-corrected chi connectivity index (χ1v) is 12.7. The fraction of sp³-hybridized carbons (Fsp3) is 0.364. The monoisotopic (exact) mass is 459 g/mol. The fourth-order valence-electron chi connectivity index (χ4n) is 3.61. The summed E-state index contributed by atoms with van der Waals surface area (Å²) in [5, 5.41) is 3.21. The topological polar surface area (TPSA) is 92.5 Å². The smallest absolute Gasteiger partial charge is 0.257 e. The molecule has 0 radical (unpaired) electrons. The highest BCUT2D eigenvalue weighted by Gasteiger charge is 2.27. The molecule has 31 heavy (non-hydrogen) atoms. The summed E-state index contributed by atoms with van der Waals surface area (Å²) in [6.07, 6.45) is 3.86. The number of benzene rings is 2. The Morgan fingerprint density at radius 1 is 1.13 bits per heavy atom. The van der Waals surface area contributed by atoms with E-state index in [0.29, 0.717) is 35.1 Å². The summed E-state index contributed by atoms with van der Waals surface area (Å²) in [4.78, 5) is 17.0. The molecule has 2 aromatic carbocycles. The van der Waals surface area contributed by atoms with Crippen molar-refractivity contribution in [3.05, 3.63) is 48.0 Å². The number of hydrogen-bond donors (Lipinski definition) is 1. The van der Waals surface area contributed by atoms with Gasteiger partial charge in [0.1, 0.15) is 5.52 Å². The van der Waals surface area contributed by atoms with Gasteiger partial charge in [-0.05, 0) is 49.6 Å². The largest absolute Gasteiger partial charge is 0.431 e. The molecule has 0 saturated carbocycles. The Morgan fingerprint density at radius 2 is 1.87 bits per heavy atom. The Morgan fingerprint density at radius 3 is 2.61 bits per heavy atom. The third kappa shape index (κ3) is 5.11. The van der Waals surface area contributed by atoms with E-state index in [0.717, 1.165) is 31.2 Å². The number of carbonyl (C=O) groups is 1. The molecule has 0 atom stereocenters. The first kappa shape index (κ1) is 21.9. The van der Waals surface area contributed by atoms with Gasteiger partial charge in [0.15, 0.2) is 5.58 Å². The van der Waals surface area contributed by atoms with Crippen LogP contribution in [0.5, 0.6) is 0 Å². The van der Waals surface area contributed by atoms with E-state index in [4.69, 9.17) is 4.42 Å². The molecule has 164 valence electrons. The molecule has 1 amide bonds. The highest BCUT2D eigenvalue weighted by atomic mass is 32.2. The first-order valence-electron chi connectivity index (χ1n) is 10.3. The standard InChI is InChI=1S/C22H25N3O4S2/c1-16-10-11-17(14-20(16)31(27,28)25-12-6-2-3-7-13-25)23-21(26)15-30-22-24-18-8-4-5-9-19(18)29-22/h4-5,8-11,14H,2-3,6-7,12-13,15H2,1H3,(H,23,26). The minimum Gasteiger partial charge on any atom is -0.431 e. The van der Waals surface area contributed by atoms with Crippen LogP contribution in [-0.2, 0) is 14.8 Å². The van der Waals surface area contributed by atoms with Gasteiger partial charge in [0.2, 0.25) is 15.9 Å². The Labute approximate surface area is 186 Å². The third-order valence-electron chi connectivity index (χ3n) is 5.26. The van der Waals surface area contributed by atoms with Crippen molar-refractivity contribution in [1.29, 1.82) is 0 Å². The van der Waals surface area contributed by atoms with Crippen LogP contribution in [0.3, 0.4) is 0 Å². The molecule has 1 saturated heterocycles. The molecule has 1 aliphatic rings. The lowest BCUT2D eigenvalue weighted by atomic mass is 10.2. The Balaban J connectivity index is 1.44. The van der Waals surface area contributed by atoms with E-state index in [1.54, 1.807) is 29.4 Å². The van der Waals surface area contributed by atoms with Gasteiger partial charge in [-0.2, -0.15) is 4.31 Å². The van der Waals surface area contributed by atoms with Gasteiger partial charge in [0.05, 0.1) is 10.6 Å². The molecule has 3 aromatic rings. The number of oxazole rings is 1. The minimum atomic E-state index is -3.59. The number of rotatable bonds is 6. The first-order chi connectivity index (χ1) is 14.9. The quantitative estimate of drug-likeness (QED) is 0.548. The van der Waals surface area contributed by atoms with Crippen molar-refractivity contribution in [3.63, 3.8) is 0 Å². The number of anilines is 1. The zero-order valence-electron chi connectivity index (χ0n) is 17.3. The van der Waals surface area contributed by atoms with Gasteiger partial charge >= 0.3 is 0 Å². The number of amides is 1. The number of sulfonamides is 1. The molecule has 0 bridgehead atoms. The molecule has 9 heteroatoms. The second kappa shape index (κ2) is 9.42. The van der Waals surface area contributed by atoms with Crippen LogP contribution in [-0.4, -0.2) is 42.5 Å². The summed E-state index contributed by atoms with van der Waals surface area (Å²) in [7, 11) is -3.59. The van der Waals surface area contributed by atoms with Crippen LogP contribution in [0.4, 0.5) is 5.69 Å². The number of nitrogens with zero attached hydrogens (tertiary/aromatic N) is 2. The fourth-order valence-corrected chi connectivity index (χ4v) is 6.02. The zero-order valence-corrected chi connectivity index (χ0v) is 19.0. The maximum absolute atomic E-state index is 13.2. The number of thioether (sulfide) groups is 1. The highest BCUT2D eigenvalue weighted by molar-refractivity contribution is 7.99. The minimum absolute atomic E-state index is 0.106. The number of aromatic nitrogens is 1. The number of nitrogens with one attached hydrogen (secondary N) is 1. The summed E-state index contributed by atoms with van der Waals surface area (Å²) in [5.74, 6) is -0.149. The Bertz CT molecular complexity index is 1150. The summed E-state index contributed by atoms with van der Waals surface area (Å²) in [5.41, 5.74) is 2.55. The van der Waals surface area contributed by atoms with Crippen LogP contribution in [0.25, 0.3) is 11.1 Å². The molecule has 0 spiro atoms. The molecule has 2 heterocycles. The molecular formula is C22H25N3O4S2. The summed E-state index contributed by atoms with van der Waals surface area (Å²) in [6, 6.07) is 12.4. The molecule has 4 rings (SSSR count). The van der Waals surface area contributed by atoms with Gasteiger partial charge in [-0.25, -0.2) is 13.4 Å². The van der Waals surface area contributed by atoms with Crippen molar-refractivity contribution < 1.29 is 17.6 Å². The SMILES string of the molecule is Cc1ccc(NC(=O)CSc2nc3ccccc3o2)cc1S(=O)(=O)N1CCCCCC1. The normalized spacial score (nSPS) is 15.6. The van der Waals surface area contributed by atoms with E-state index in [2.05, 4.69) is 10.3 Å². The summed E-state index contributed by atoms with van der Waals surface area (Å²) in [6.45, 7) is 2.86. The lowest BCUT2D eigenvalue weighted by molar-refractivity contribution is -0.113. The van der Waals surface area contributed by atoms with Crippen molar-refractivity contribution in [2.75, 3.05) is 24.2 Å². The third-order valence-corrected chi connectivity index (χ3v) is 8.12. The highest BCUT2D eigenvalue weighted by Crippen LogP contribution is 2.27. The number of aryl methyl sites for hydroxylation is 1. The van der Waals surface area contributed by atoms with E-state index in [-0.39, 0.29) is 16.6 Å². The molecule has 1 aromatic heterocycles. The summed E-state index contributed by atoms with van der Waals surface area (Å²) >= 11 is 1.20. The number of fused-ring (bicyclic) bond motifs is 1. The second-order valence-corrected chi connectivity index (χ2v) is 10.4. The molecule has 1 aliphatic heterocycles. The van der Waals surface area contributed by atoms with E-state index in [1.807, 2.05) is 24.3 Å². The van der Waals surface area contributed by atoms with E-state index < -0.39 is 10.0 Å². The van der Waals surface area contributed by atoms with Crippen LogP contribution >= 0.6 is 11.8 Å². The zero-order chi connectivity index (χ0) is 21.8. The van der Waals surface area contributed by atoms with Gasteiger partial charge in [-0.3, -0.25) is 4.79 Å².